The van der Waals surface area contributed by atoms with E-state index in [1.54, 1.807) is 17.0 Å². The van der Waals surface area contributed by atoms with Gasteiger partial charge in [0.1, 0.15) is 6.10 Å². The first kappa shape index (κ1) is 16.2. The van der Waals surface area contributed by atoms with Crippen LogP contribution in [0.2, 0.25) is 0 Å². The largest absolute Gasteiger partial charge is 0.388 e. The third-order valence-electron chi connectivity index (χ3n) is 4.66. The average molecular weight is 343 g/mol. The normalized spacial score (nSPS) is 23.2. The number of carbonyl (C=O) groups excluding carboxylic acids is 1. The molecular formula is C18H21N3O4. The number of rotatable bonds is 5. The van der Waals surface area contributed by atoms with Gasteiger partial charge in [-0.25, -0.2) is 0 Å². The van der Waals surface area contributed by atoms with E-state index >= 15 is 0 Å². The predicted molar refractivity (Wildman–Crippen MR) is 89.0 cm³/mol. The van der Waals surface area contributed by atoms with E-state index in [1.165, 1.54) is 0 Å². The van der Waals surface area contributed by atoms with E-state index in [0.29, 0.717) is 42.9 Å². The van der Waals surface area contributed by atoms with E-state index in [4.69, 9.17) is 9.26 Å². The van der Waals surface area contributed by atoms with E-state index in [9.17, 15) is 9.90 Å². The Kier molecular flexibility index (Phi) is 4.27. The SMILES string of the molecule is CCO[C@H]1CN(C(=O)c2ccc(-c3noc(C4CC4)n3)cc2)C[C@@H]1O. The molecule has 0 radical (unpaired) electrons. The van der Waals surface area contributed by atoms with Crippen molar-refractivity contribution in [3.05, 3.63) is 35.7 Å². The fraction of sp³-hybridized carbons (Fsp3) is 0.500. The first-order valence-electron chi connectivity index (χ1n) is 8.68. The van der Waals surface area contributed by atoms with Gasteiger partial charge in [0, 0.05) is 36.7 Å². The van der Waals surface area contributed by atoms with Crippen LogP contribution < -0.4 is 0 Å². The van der Waals surface area contributed by atoms with E-state index in [1.807, 2.05) is 19.1 Å². The summed E-state index contributed by atoms with van der Waals surface area (Å²) in [6, 6.07) is 7.15. The van der Waals surface area contributed by atoms with Gasteiger partial charge >= 0.3 is 0 Å². The average Bonchev–Trinajstić information content (AvgIpc) is 3.25. The van der Waals surface area contributed by atoms with Gasteiger partial charge in [0.25, 0.3) is 5.91 Å². The number of amides is 1. The molecule has 0 unspecified atom stereocenters. The molecule has 7 heteroatoms. The maximum absolute atomic E-state index is 12.6. The quantitative estimate of drug-likeness (QED) is 0.891. The summed E-state index contributed by atoms with van der Waals surface area (Å²) < 4.78 is 10.7. The summed E-state index contributed by atoms with van der Waals surface area (Å²) in [6.07, 6.45) is 1.27. The number of aliphatic hydroxyl groups excluding tert-OH is 1. The number of β-amino-alcohol motifs (C(OH)–C–C–N with tert-alkyl or cyclic N) is 1. The van der Waals surface area contributed by atoms with Crippen LogP contribution in [0.3, 0.4) is 0 Å². The molecule has 1 amide bonds. The molecule has 25 heavy (non-hydrogen) atoms. The van der Waals surface area contributed by atoms with Crippen LogP contribution in [0.25, 0.3) is 11.4 Å². The van der Waals surface area contributed by atoms with Gasteiger partial charge in [0.15, 0.2) is 0 Å². The maximum Gasteiger partial charge on any atom is 0.254 e. The highest BCUT2D eigenvalue weighted by molar-refractivity contribution is 5.94. The summed E-state index contributed by atoms with van der Waals surface area (Å²) >= 11 is 0. The Hall–Kier alpha value is -2.25. The fourth-order valence-electron chi connectivity index (χ4n) is 3.09. The molecule has 7 nitrogen and oxygen atoms in total. The molecular weight excluding hydrogens is 322 g/mol. The summed E-state index contributed by atoms with van der Waals surface area (Å²) in [6.45, 7) is 3.10. The van der Waals surface area contributed by atoms with Crippen molar-refractivity contribution in [3.63, 3.8) is 0 Å². The van der Waals surface area contributed by atoms with E-state index < -0.39 is 6.10 Å². The highest BCUT2D eigenvalue weighted by atomic mass is 16.5. The van der Waals surface area contributed by atoms with Gasteiger partial charge in [-0.3, -0.25) is 4.79 Å². The number of nitrogens with zero attached hydrogens (tertiary/aromatic N) is 3. The lowest BCUT2D eigenvalue weighted by molar-refractivity contribution is -0.00237. The molecule has 4 rings (SSSR count). The lowest BCUT2D eigenvalue weighted by Gasteiger charge is -2.16. The second-order valence-electron chi connectivity index (χ2n) is 6.58. The molecule has 2 atom stereocenters. The molecule has 1 saturated heterocycles. The van der Waals surface area contributed by atoms with E-state index in [-0.39, 0.29) is 12.0 Å². The van der Waals surface area contributed by atoms with Gasteiger partial charge in [-0.05, 0) is 31.9 Å². The molecule has 0 bridgehead atoms. The van der Waals surface area contributed by atoms with Gasteiger partial charge in [0.05, 0.1) is 6.10 Å². The molecule has 132 valence electrons. The summed E-state index contributed by atoms with van der Waals surface area (Å²) in [7, 11) is 0. The Bertz CT molecular complexity index is 754. The maximum atomic E-state index is 12.6. The van der Waals surface area contributed by atoms with Crippen molar-refractivity contribution in [1.29, 1.82) is 0 Å². The monoisotopic (exact) mass is 343 g/mol. The zero-order valence-electron chi connectivity index (χ0n) is 14.1. The van der Waals surface area contributed by atoms with E-state index in [2.05, 4.69) is 10.1 Å². The minimum Gasteiger partial charge on any atom is -0.388 e. The van der Waals surface area contributed by atoms with Crippen molar-refractivity contribution in [2.75, 3.05) is 19.7 Å². The summed E-state index contributed by atoms with van der Waals surface area (Å²) in [4.78, 5) is 18.6. The van der Waals surface area contributed by atoms with Crippen LogP contribution >= 0.6 is 0 Å². The highest BCUT2D eigenvalue weighted by Crippen LogP contribution is 2.39. The number of hydrogen-bond acceptors (Lipinski definition) is 6. The standard InChI is InChI=1S/C18H21N3O4/c1-2-24-15-10-21(9-14(15)22)18(23)13-7-3-11(4-8-13)16-19-17(25-20-16)12-5-6-12/h3-4,7-8,12,14-15,22H,2,5-6,9-10H2,1H3/t14-,15-/m0/s1. The smallest absolute Gasteiger partial charge is 0.254 e. The topological polar surface area (TPSA) is 88.7 Å². The number of benzene rings is 1. The first-order valence-corrected chi connectivity index (χ1v) is 8.68. The molecule has 1 N–H and O–H groups in total. The Morgan fingerprint density at radius 2 is 2.08 bits per heavy atom. The number of carbonyl (C=O) groups is 1. The number of aromatic nitrogens is 2. The molecule has 2 aromatic rings. The Labute approximate surface area is 145 Å². The zero-order chi connectivity index (χ0) is 17.4. The van der Waals surface area contributed by atoms with Crippen LogP contribution in [0.5, 0.6) is 0 Å². The second-order valence-corrected chi connectivity index (χ2v) is 6.58. The Balaban J connectivity index is 1.45. The second kappa shape index (κ2) is 6.57. The molecule has 2 aliphatic rings. The van der Waals surface area contributed by atoms with Crippen molar-refractivity contribution in [2.24, 2.45) is 0 Å². The highest BCUT2D eigenvalue weighted by Gasteiger charge is 2.35. The molecule has 1 aromatic heterocycles. The lowest BCUT2D eigenvalue weighted by Crippen LogP contribution is -2.30. The third kappa shape index (κ3) is 3.29. The number of ether oxygens (including phenoxy) is 1. The van der Waals surface area contributed by atoms with Crippen molar-refractivity contribution >= 4 is 5.91 Å². The summed E-state index contributed by atoms with van der Waals surface area (Å²) in [5, 5.41) is 14.0. The lowest BCUT2D eigenvalue weighted by atomic mass is 10.1. The third-order valence-corrected chi connectivity index (χ3v) is 4.66. The number of aliphatic hydroxyl groups is 1. The molecule has 1 aromatic carbocycles. The van der Waals surface area contributed by atoms with Gasteiger partial charge in [-0.2, -0.15) is 4.98 Å². The van der Waals surface area contributed by atoms with Crippen LogP contribution in [0, 0.1) is 0 Å². The fourth-order valence-corrected chi connectivity index (χ4v) is 3.09. The molecule has 1 aliphatic carbocycles. The van der Waals surface area contributed by atoms with Gasteiger partial charge < -0.3 is 19.3 Å². The molecule has 2 heterocycles. The summed E-state index contributed by atoms with van der Waals surface area (Å²) in [5.41, 5.74) is 1.39. The van der Waals surface area contributed by atoms with Crippen molar-refractivity contribution < 1.29 is 19.2 Å². The predicted octanol–water partition coefficient (Wildman–Crippen LogP) is 1.84. The van der Waals surface area contributed by atoms with Crippen molar-refractivity contribution in [2.45, 2.75) is 37.9 Å². The molecule has 1 aliphatic heterocycles. The van der Waals surface area contributed by atoms with Gasteiger partial charge in [-0.1, -0.05) is 17.3 Å². The zero-order valence-corrected chi connectivity index (χ0v) is 14.1. The van der Waals surface area contributed by atoms with E-state index in [0.717, 1.165) is 18.4 Å². The summed E-state index contributed by atoms with van der Waals surface area (Å²) in [5.74, 6) is 1.55. The van der Waals surface area contributed by atoms with Crippen LogP contribution in [0.15, 0.2) is 28.8 Å². The Morgan fingerprint density at radius 1 is 1.32 bits per heavy atom. The first-order chi connectivity index (χ1) is 12.2. The molecule has 1 saturated carbocycles. The van der Waals surface area contributed by atoms with Crippen molar-refractivity contribution in [3.8, 4) is 11.4 Å². The van der Waals surface area contributed by atoms with Crippen LogP contribution in [-0.4, -0.2) is 58.0 Å². The van der Waals surface area contributed by atoms with Crippen LogP contribution in [0.1, 0.15) is 41.9 Å². The number of hydrogen-bond donors (Lipinski definition) is 1. The van der Waals surface area contributed by atoms with Gasteiger partial charge in [-0.15, -0.1) is 0 Å². The van der Waals surface area contributed by atoms with Crippen LogP contribution in [-0.2, 0) is 4.74 Å². The molecule has 0 spiro atoms. The Morgan fingerprint density at radius 3 is 2.76 bits per heavy atom. The van der Waals surface area contributed by atoms with Gasteiger partial charge in [0.2, 0.25) is 11.7 Å². The number of likely N-dealkylation sites (tertiary alicyclic amines) is 1. The molecule has 2 fully saturated rings. The minimum absolute atomic E-state index is 0.111. The van der Waals surface area contributed by atoms with Crippen LogP contribution in [0.4, 0.5) is 0 Å². The minimum atomic E-state index is -0.636. The van der Waals surface area contributed by atoms with Crippen molar-refractivity contribution in [1.82, 2.24) is 15.0 Å².